The summed E-state index contributed by atoms with van der Waals surface area (Å²) in [6, 6.07) is 6.47. The molecule has 2 aromatic rings. The highest BCUT2D eigenvalue weighted by Gasteiger charge is 2.07. The van der Waals surface area contributed by atoms with Gasteiger partial charge in [-0.3, -0.25) is 0 Å². The number of carboxylic acid groups (broad SMARTS) is 1. The van der Waals surface area contributed by atoms with Gasteiger partial charge in [0.1, 0.15) is 11.8 Å². The molecular formula is C10H6N4O2. The molecule has 0 aliphatic rings. The molecule has 2 heterocycles. The van der Waals surface area contributed by atoms with Gasteiger partial charge in [0.15, 0.2) is 5.69 Å². The summed E-state index contributed by atoms with van der Waals surface area (Å²) >= 11 is 0. The fourth-order valence-electron chi connectivity index (χ4n) is 1.17. The molecule has 6 nitrogen and oxygen atoms in total. The molecule has 0 amide bonds. The third kappa shape index (κ3) is 1.74. The highest BCUT2D eigenvalue weighted by molar-refractivity contribution is 5.85. The molecule has 0 spiro atoms. The van der Waals surface area contributed by atoms with Gasteiger partial charge in [-0.1, -0.05) is 0 Å². The maximum absolute atomic E-state index is 10.6. The van der Waals surface area contributed by atoms with E-state index in [-0.39, 0.29) is 5.69 Å². The van der Waals surface area contributed by atoms with Crippen molar-refractivity contribution in [3.8, 4) is 11.8 Å². The van der Waals surface area contributed by atoms with Gasteiger partial charge < -0.3 is 5.11 Å². The van der Waals surface area contributed by atoms with E-state index < -0.39 is 5.97 Å². The second kappa shape index (κ2) is 3.82. The van der Waals surface area contributed by atoms with Gasteiger partial charge >= 0.3 is 5.97 Å². The zero-order chi connectivity index (χ0) is 11.5. The molecule has 78 valence electrons. The summed E-state index contributed by atoms with van der Waals surface area (Å²) in [5.74, 6) is -1.08. The standard InChI is InChI=1S/C10H6N4O2/c11-5-7-1-2-8(6-12-7)14-4-3-9(13-14)10(15)16/h1-4,6H,(H,15,16). The van der Waals surface area contributed by atoms with Gasteiger partial charge in [0.2, 0.25) is 0 Å². The summed E-state index contributed by atoms with van der Waals surface area (Å²) in [5, 5.41) is 21.1. The van der Waals surface area contributed by atoms with E-state index >= 15 is 0 Å². The first-order valence-corrected chi connectivity index (χ1v) is 4.36. The number of hydrogen-bond acceptors (Lipinski definition) is 4. The van der Waals surface area contributed by atoms with Gasteiger partial charge in [-0.2, -0.15) is 10.4 Å². The van der Waals surface area contributed by atoms with Gasteiger partial charge in [-0.25, -0.2) is 14.5 Å². The Hall–Kier alpha value is -2.68. The van der Waals surface area contributed by atoms with Gasteiger partial charge in [0.05, 0.1) is 11.9 Å². The topological polar surface area (TPSA) is 91.8 Å². The van der Waals surface area contributed by atoms with Crippen molar-refractivity contribution in [2.24, 2.45) is 0 Å². The lowest BCUT2D eigenvalue weighted by Gasteiger charge is -1.99. The number of nitrogens with zero attached hydrogens (tertiary/aromatic N) is 4. The predicted octanol–water partition coefficient (Wildman–Crippen LogP) is 0.837. The Balaban J connectivity index is 2.36. The second-order valence-electron chi connectivity index (χ2n) is 2.96. The highest BCUT2D eigenvalue weighted by atomic mass is 16.4. The summed E-state index contributed by atoms with van der Waals surface area (Å²) in [6.07, 6.45) is 2.98. The van der Waals surface area contributed by atoms with Crippen molar-refractivity contribution in [1.29, 1.82) is 5.26 Å². The molecule has 0 aliphatic heterocycles. The van der Waals surface area contributed by atoms with Crippen LogP contribution in [0.5, 0.6) is 0 Å². The Morgan fingerprint density at radius 3 is 2.75 bits per heavy atom. The number of hydrogen-bond donors (Lipinski definition) is 1. The van der Waals surface area contributed by atoms with E-state index in [0.717, 1.165) is 0 Å². The van der Waals surface area contributed by atoms with Crippen LogP contribution in [0.2, 0.25) is 0 Å². The SMILES string of the molecule is N#Cc1ccc(-n2ccc(C(=O)O)n2)cn1. The quantitative estimate of drug-likeness (QED) is 0.799. The monoisotopic (exact) mass is 214 g/mol. The Labute approximate surface area is 90.4 Å². The lowest BCUT2D eigenvalue weighted by Crippen LogP contribution is -2.01. The van der Waals surface area contributed by atoms with E-state index in [0.29, 0.717) is 11.4 Å². The van der Waals surface area contributed by atoms with Crippen molar-refractivity contribution in [1.82, 2.24) is 14.8 Å². The number of aromatic carboxylic acids is 1. The van der Waals surface area contributed by atoms with Crippen molar-refractivity contribution >= 4 is 5.97 Å². The van der Waals surface area contributed by atoms with Crippen LogP contribution in [-0.2, 0) is 0 Å². The molecule has 0 fully saturated rings. The largest absolute Gasteiger partial charge is 0.476 e. The number of aromatic nitrogens is 3. The summed E-state index contributed by atoms with van der Waals surface area (Å²) in [7, 11) is 0. The van der Waals surface area contributed by atoms with Gasteiger partial charge in [-0.05, 0) is 18.2 Å². The Morgan fingerprint density at radius 2 is 2.25 bits per heavy atom. The zero-order valence-corrected chi connectivity index (χ0v) is 8.03. The smallest absolute Gasteiger partial charge is 0.356 e. The van der Waals surface area contributed by atoms with E-state index in [1.165, 1.54) is 29.2 Å². The average molecular weight is 214 g/mol. The Kier molecular flexibility index (Phi) is 2.36. The van der Waals surface area contributed by atoms with E-state index in [2.05, 4.69) is 10.1 Å². The Morgan fingerprint density at radius 1 is 1.44 bits per heavy atom. The first-order valence-electron chi connectivity index (χ1n) is 4.36. The average Bonchev–Trinajstić information content (AvgIpc) is 2.78. The van der Waals surface area contributed by atoms with Crippen LogP contribution in [-0.4, -0.2) is 25.8 Å². The predicted molar refractivity (Wildman–Crippen MR) is 53.0 cm³/mol. The van der Waals surface area contributed by atoms with Crippen LogP contribution in [0.15, 0.2) is 30.6 Å². The fraction of sp³-hybridized carbons (Fsp3) is 0. The highest BCUT2D eigenvalue weighted by Crippen LogP contribution is 2.06. The molecule has 0 aromatic carbocycles. The number of nitriles is 1. The van der Waals surface area contributed by atoms with Gasteiger partial charge in [-0.15, -0.1) is 0 Å². The van der Waals surface area contributed by atoms with Crippen molar-refractivity contribution < 1.29 is 9.90 Å². The number of carbonyl (C=O) groups is 1. The van der Waals surface area contributed by atoms with Crippen LogP contribution >= 0.6 is 0 Å². The fourth-order valence-corrected chi connectivity index (χ4v) is 1.17. The van der Waals surface area contributed by atoms with Crippen LogP contribution in [0.4, 0.5) is 0 Å². The molecule has 0 atom stereocenters. The van der Waals surface area contributed by atoms with Crippen LogP contribution in [0, 0.1) is 11.3 Å². The molecule has 2 aromatic heterocycles. The minimum Gasteiger partial charge on any atom is -0.476 e. The van der Waals surface area contributed by atoms with Crippen LogP contribution < -0.4 is 0 Å². The molecule has 0 radical (unpaired) electrons. The minimum atomic E-state index is -1.08. The van der Waals surface area contributed by atoms with E-state index in [1.807, 2.05) is 6.07 Å². The van der Waals surface area contributed by atoms with Gasteiger partial charge in [0, 0.05) is 6.20 Å². The molecule has 16 heavy (non-hydrogen) atoms. The lowest BCUT2D eigenvalue weighted by atomic mass is 10.3. The van der Waals surface area contributed by atoms with Crippen LogP contribution in [0.25, 0.3) is 5.69 Å². The molecule has 0 saturated heterocycles. The maximum Gasteiger partial charge on any atom is 0.356 e. The molecule has 0 bridgehead atoms. The van der Waals surface area contributed by atoms with E-state index in [4.69, 9.17) is 10.4 Å². The summed E-state index contributed by atoms with van der Waals surface area (Å²) in [4.78, 5) is 14.5. The number of rotatable bonds is 2. The van der Waals surface area contributed by atoms with Crippen molar-refractivity contribution in [3.63, 3.8) is 0 Å². The normalized spacial score (nSPS) is 9.69. The maximum atomic E-state index is 10.6. The summed E-state index contributed by atoms with van der Waals surface area (Å²) in [5.41, 5.74) is 0.866. The first-order chi connectivity index (χ1) is 7.70. The first kappa shape index (κ1) is 9.86. The lowest BCUT2D eigenvalue weighted by molar-refractivity contribution is 0.0690. The summed E-state index contributed by atoms with van der Waals surface area (Å²) in [6.45, 7) is 0. The van der Waals surface area contributed by atoms with Crippen LogP contribution in [0.1, 0.15) is 16.2 Å². The molecule has 0 aliphatic carbocycles. The number of pyridine rings is 1. The molecular weight excluding hydrogens is 208 g/mol. The molecule has 0 unspecified atom stereocenters. The Bertz CT molecular complexity index is 565. The third-order valence-corrected chi connectivity index (χ3v) is 1.94. The van der Waals surface area contributed by atoms with Gasteiger partial charge in [0.25, 0.3) is 0 Å². The molecule has 1 N–H and O–H groups in total. The zero-order valence-electron chi connectivity index (χ0n) is 8.03. The third-order valence-electron chi connectivity index (χ3n) is 1.94. The second-order valence-corrected chi connectivity index (χ2v) is 2.96. The number of carboxylic acids is 1. The molecule has 6 heteroatoms. The van der Waals surface area contributed by atoms with E-state index in [1.54, 1.807) is 6.07 Å². The van der Waals surface area contributed by atoms with E-state index in [9.17, 15) is 4.79 Å². The molecule has 2 rings (SSSR count). The minimum absolute atomic E-state index is 0.0376. The molecule has 0 saturated carbocycles. The van der Waals surface area contributed by atoms with Crippen molar-refractivity contribution in [2.45, 2.75) is 0 Å². The van der Waals surface area contributed by atoms with Crippen molar-refractivity contribution in [3.05, 3.63) is 42.0 Å². The van der Waals surface area contributed by atoms with Crippen molar-refractivity contribution in [2.75, 3.05) is 0 Å². The summed E-state index contributed by atoms with van der Waals surface area (Å²) < 4.78 is 1.39. The van der Waals surface area contributed by atoms with Crippen LogP contribution in [0.3, 0.4) is 0 Å².